The van der Waals surface area contributed by atoms with Gasteiger partial charge in [-0.25, -0.2) is 13.4 Å². The number of hydrogen-bond donors (Lipinski definition) is 3. The van der Waals surface area contributed by atoms with Gasteiger partial charge in [0.15, 0.2) is 5.82 Å². The summed E-state index contributed by atoms with van der Waals surface area (Å²) >= 11 is -1.74. The van der Waals surface area contributed by atoms with Crippen molar-refractivity contribution in [1.29, 1.82) is 0 Å². The van der Waals surface area contributed by atoms with E-state index in [0.717, 1.165) is 4.31 Å². The van der Waals surface area contributed by atoms with Crippen LogP contribution >= 0.6 is 0 Å². The van der Waals surface area contributed by atoms with Gasteiger partial charge in [-0.3, -0.25) is 14.3 Å². The molecule has 2 rings (SSSR count). The summed E-state index contributed by atoms with van der Waals surface area (Å²) in [5.74, 6) is 4.16. The van der Waals surface area contributed by atoms with E-state index < -0.39 is 28.7 Å². The Morgan fingerprint density at radius 3 is 2.75 bits per heavy atom. The van der Waals surface area contributed by atoms with Crippen LogP contribution in [0.25, 0.3) is 0 Å². The molecule has 0 bridgehead atoms. The van der Waals surface area contributed by atoms with E-state index >= 15 is 0 Å². The molecule has 1 aliphatic rings. The van der Waals surface area contributed by atoms with E-state index in [1.807, 2.05) is 0 Å². The maximum Gasteiger partial charge on any atom is 0.411 e. The van der Waals surface area contributed by atoms with E-state index in [4.69, 9.17) is 4.74 Å². The summed E-state index contributed by atoms with van der Waals surface area (Å²) < 4.78 is 35.6. The SMILES string of the molecule is C=C(CC#Cc1ccc(O)c(N2CC(=C)NS2=O)c1F)NC(=O)OC(C)(C)C. The summed E-state index contributed by atoms with van der Waals surface area (Å²) in [6.07, 6.45) is -0.579. The lowest BCUT2D eigenvalue weighted by Gasteiger charge is -2.19. The first kappa shape index (κ1) is 21.3. The summed E-state index contributed by atoms with van der Waals surface area (Å²) in [6, 6.07) is 2.58. The molecular formula is C19H22FN3O4S. The highest BCUT2D eigenvalue weighted by atomic mass is 32.2. The minimum Gasteiger partial charge on any atom is -0.506 e. The smallest absolute Gasteiger partial charge is 0.411 e. The van der Waals surface area contributed by atoms with Gasteiger partial charge >= 0.3 is 6.09 Å². The Labute approximate surface area is 166 Å². The number of alkyl carbamates (subject to hydrolysis) is 1. The molecule has 1 heterocycles. The first-order valence-corrected chi connectivity index (χ1v) is 9.40. The number of carbonyl (C=O) groups excluding carboxylic acids is 1. The van der Waals surface area contributed by atoms with E-state index in [1.54, 1.807) is 20.8 Å². The zero-order valence-corrected chi connectivity index (χ0v) is 16.7. The van der Waals surface area contributed by atoms with E-state index in [-0.39, 0.29) is 30.0 Å². The highest BCUT2D eigenvalue weighted by Gasteiger charge is 2.29. The molecule has 1 atom stereocenters. The van der Waals surface area contributed by atoms with Crippen molar-refractivity contribution in [2.24, 2.45) is 0 Å². The number of benzene rings is 1. The largest absolute Gasteiger partial charge is 0.506 e. The molecule has 1 fully saturated rings. The van der Waals surface area contributed by atoms with Crippen LogP contribution in [-0.2, 0) is 15.9 Å². The summed E-state index contributed by atoms with van der Waals surface area (Å²) in [5.41, 5.74) is -0.118. The van der Waals surface area contributed by atoms with Gasteiger partial charge in [0, 0.05) is 17.8 Å². The Hall–Kier alpha value is -2.99. The van der Waals surface area contributed by atoms with Crippen molar-refractivity contribution < 1.29 is 23.2 Å². The number of allylic oxidation sites excluding steroid dienone is 1. The quantitative estimate of drug-likeness (QED) is 0.672. The molecule has 9 heteroatoms. The summed E-state index contributed by atoms with van der Waals surface area (Å²) in [6.45, 7) is 12.6. The van der Waals surface area contributed by atoms with E-state index in [1.165, 1.54) is 12.1 Å². The number of amides is 1. The lowest BCUT2D eigenvalue weighted by molar-refractivity contribution is 0.0545. The van der Waals surface area contributed by atoms with Crippen molar-refractivity contribution in [3.63, 3.8) is 0 Å². The molecule has 1 saturated heterocycles. The maximum atomic E-state index is 14.8. The zero-order valence-electron chi connectivity index (χ0n) is 15.9. The average molecular weight is 407 g/mol. The molecule has 0 aliphatic carbocycles. The Morgan fingerprint density at radius 1 is 1.50 bits per heavy atom. The number of halogens is 1. The van der Waals surface area contributed by atoms with E-state index in [0.29, 0.717) is 11.4 Å². The number of carbonyl (C=O) groups is 1. The number of hydrogen-bond acceptors (Lipinski definition) is 4. The molecule has 7 nitrogen and oxygen atoms in total. The van der Waals surface area contributed by atoms with Crippen molar-refractivity contribution in [3.05, 3.63) is 48.1 Å². The normalized spacial score (nSPS) is 16.1. The third kappa shape index (κ3) is 5.50. The molecule has 150 valence electrons. The van der Waals surface area contributed by atoms with Crippen LogP contribution < -0.4 is 14.3 Å². The van der Waals surface area contributed by atoms with Gasteiger partial charge in [0.1, 0.15) is 17.0 Å². The van der Waals surface area contributed by atoms with Gasteiger partial charge in [-0.05, 0) is 32.9 Å². The molecule has 0 spiro atoms. The third-order valence-corrected chi connectivity index (χ3v) is 4.49. The van der Waals surface area contributed by atoms with Crippen molar-refractivity contribution in [2.75, 3.05) is 10.8 Å². The number of rotatable bonds is 3. The number of nitrogens with one attached hydrogen (secondary N) is 2. The van der Waals surface area contributed by atoms with Crippen LogP contribution in [0, 0.1) is 17.7 Å². The van der Waals surface area contributed by atoms with Crippen LogP contribution in [-0.4, -0.2) is 27.6 Å². The van der Waals surface area contributed by atoms with Crippen molar-refractivity contribution in [2.45, 2.75) is 32.8 Å². The molecule has 1 aliphatic heterocycles. The number of nitrogens with zero attached hydrogens (tertiary/aromatic N) is 1. The average Bonchev–Trinajstić information content (AvgIpc) is 2.86. The topological polar surface area (TPSA) is 90.9 Å². The second-order valence-electron chi connectivity index (χ2n) is 7.00. The predicted octanol–water partition coefficient (Wildman–Crippen LogP) is 2.81. The molecule has 1 aromatic rings. The molecule has 0 saturated carbocycles. The van der Waals surface area contributed by atoms with Crippen LogP contribution in [0.15, 0.2) is 36.7 Å². The van der Waals surface area contributed by atoms with Crippen molar-refractivity contribution in [3.8, 4) is 17.6 Å². The highest BCUT2D eigenvalue weighted by Crippen LogP contribution is 2.34. The third-order valence-electron chi connectivity index (χ3n) is 3.31. The van der Waals surface area contributed by atoms with Gasteiger partial charge < -0.3 is 9.84 Å². The fourth-order valence-electron chi connectivity index (χ4n) is 2.23. The Morgan fingerprint density at radius 2 is 2.18 bits per heavy atom. The number of ether oxygens (including phenoxy) is 1. The molecule has 1 aromatic carbocycles. The summed E-state index contributed by atoms with van der Waals surface area (Å²) in [7, 11) is 0. The Bertz CT molecular complexity index is 912. The van der Waals surface area contributed by atoms with Gasteiger partial charge in [0.05, 0.1) is 12.1 Å². The van der Waals surface area contributed by atoms with Crippen LogP contribution in [0.1, 0.15) is 32.8 Å². The van der Waals surface area contributed by atoms with Crippen LogP contribution in [0.2, 0.25) is 0 Å². The lowest BCUT2D eigenvalue weighted by Crippen LogP contribution is -2.31. The highest BCUT2D eigenvalue weighted by molar-refractivity contribution is 7.85. The fourth-order valence-corrected chi connectivity index (χ4v) is 3.27. The van der Waals surface area contributed by atoms with Gasteiger partial charge in [0.2, 0.25) is 11.2 Å². The lowest BCUT2D eigenvalue weighted by atomic mass is 10.1. The second kappa shape index (κ2) is 8.35. The van der Waals surface area contributed by atoms with Gasteiger partial charge in [-0.15, -0.1) is 0 Å². The fraction of sp³-hybridized carbons (Fsp3) is 0.316. The monoisotopic (exact) mass is 407 g/mol. The zero-order chi connectivity index (χ0) is 21.1. The van der Waals surface area contributed by atoms with Crippen molar-refractivity contribution in [1.82, 2.24) is 10.0 Å². The minimum absolute atomic E-state index is 0.00683. The molecule has 1 unspecified atom stereocenters. The van der Waals surface area contributed by atoms with Crippen LogP contribution in [0.5, 0.6) is 5.75 Å². The van der Waals surface area contributed by atoms with Crippen molar-refractivity contribution >= 4 is 23.0 Å². The molecule has 28 heavy (non-hydrogen) atoms. The number of anilines is 1. The molecule has 0 aromatic heterocycles. The summed E-state index contributed by atoms with van der Waals surface area (Å²) in [4.78, 5) is 11.7. The van der Waals surface area contributed by atoms with E-state index in [9.17, 15) is 18.5 Å². The molecule has 1 amide bonds. The van der Waals surface area contributed by atoms with Crippen LogP contribution in [0.3, 0.4) is 0 Å². The van der Waals surface area contributed by atoms with Gasteiger partial charge in [-0.2, -0.15) is 0 Å². The first-order valence-electron chi connectivity index (χ1n) is 8.30. The Balaban J connectivity index is 2.11. The molecular weight excluding hydrogens is 385 g/mol. The maximum absolute atomic E-state index is 14.8. The number of aromatic hydroxyl groups is 1. The van der Waals surface area contributed by atoms with E-state index in [2.05, 4.69) is 35.0 Å². The summed E-state index contributed by atoms with van der Waals surface area (Å²) in [5, 5.41) is 12.4. The second-order valence-corrected chi connectivity index (χ2v) is 8.14. The minimum atomic E-state index is -1.74. The molecule has 3 N–H and O–H groups in total. The van der Waals surface area contributed by atoms with Gasteiger partial charge in [0.25, 0.3) is 0 Å². The molecule has 0 radical (unpaired) electrons. The predicted molar refractivity (Wildman–Crippen MR) is 106 cm³/mol. The number of phenolic OH excluding ortho intramolecular Hbond substituents is 1. The Kier molecular flexibility index (Phi) is 6.36. The first-order chi connectivity index (χ1) is 13.0. The standard InChI is InChI=1S/C19H22FN3O4S/c1-12(21-18(25)27-19(3,4)5)7-6-8-14-9-10-15(24)17(16(14)20)23-11-13(2)22-28(23)26/h9-10,22,24H,1-2,7,11H2,3-5H3,(H,21,25). The van der Waals surface area contributed by atoms with Gasteiger partial charge in [-0.1, -0.05) is 25.0 Å². The van der Waals surface area contributed by atoms with Crippen LogP contribution in [0.4, 0.5) is 14.9 Å². The number of phenols is 1.